The Morgan fingerprint density at radius 3 is 2.68 bits per heavy atom. The van der Waals surface area contributed by atoms with Crippen molar-refractivity contribution in [2.75, 3.05) is 7.05 Å². The van der Waals surface area contributed by atoms with E-state index in [-0.39, 0.29) is 6.04 Å². The average Bonchev–Trinajstić information content (AvgIpc) is 2.45. The summed E-state index contributed by atoms with van der Waals surface area (Å²) in [7, 11) is 1.92. The summed E-state index contributed by atoms with van der Waals surface area (Å²) in [6, 6.07) is 7.75. The van der Waals surface area contributed by atoms with E-state index >= 15 is 0 Å². The van der Waals surface area contributed by atoms with Crippen LogP contribution in [-0.4, -0.2) is 12.0 Å². The van der Waals surface area contributed by atoms with Gasteiger partial charge in [0, 0.05) is 12.4 Å². The molecule has 1 aromatic carbocycles. The van der Waals surface area contributed by atoms with Crippen LogP contribution in [-0.2, 0) is 6.42 Å². The minimum Gasteiger partial charge on any atom is -0.309 e. The van der Waals surface area contributed by atoms with E-state index in [2.05, 4.69) is 17.2 Å². The van der Waals surface area contributed by atoms with Crippen LogP contribution in [0.4, 0.5) is 0 Å². The van der Waals surface area contributed by atoms with Gasteiger partial charge in [-0.1, -0.05) is 42.3 Å². The van der Waals surface area contributed by atoms with E-state index in [0.29, 0.717) is 10.0 Å². The minimum absolute atomic E-state index is 0.0177. The Kier molecular flexibility index (Phi) is 4.81. The monoisotopic (exact) mass is 294 g/mol. The molecule has 0 aliphatic rings. The number of nitrogens with zero attached hydrogens (tertiary/aromatic N) is 1. The number of aromatic nitrogens is 1. The van der Waals surface area contributed by atoms with Crippen molar-refractivity contribution in [1.82, 2.24) is 10.3 Å². The number of aryl methyl sites for hydroxylation is 1. The first kappa shape index (κ1) is 14.3. The molecule has 0 fully saturated rings. The molecule has 1 unspecified atom stereocenters. The summed E-state index contributed by atoms with van der Waals surface area (Å²) in [6.45, 7) is 2.12. The second kappa shape index (κ2) is 6.38. The van der Waals surface area contributed by atoms with Crippen molar-refractivity contribution in [3.8, 4) is 0 Å². The Balaban J connectivity index is 2.53. The molecule has 19 heavy (non-hydrogen) atoms. The fourth-order valence-electron chi connectivity index (χ4n) is 2.24. The Labute approximate surface area is 123 Å². The van der Waals surface area contributed by atoms with Crippen LogP contribution in [0.15, 0.2) is 36.7 Å². The zero-order valence-corrected chi connectivity index (χ0v) is 12.5. The van der Waals surface area contributed by atoms with Gasteiger partial charge in [-0.15, -0.1) is 0 Å². The van der Waals surface area contributed by atoms with Crippen molar-refractivity contribution in [3.63, 3.8) is 0 Å². The minimum atomic E-state index is 0.0177. The zero-order valence-electron chi connectivity index (χ0n) is 11.0. The van der Waals surface area contributed by atoms with Gasteiger partial charge >= 0.3 is 0 Å². The van der Waals surface area contributed by atoms with Gasteiger partial charge in [0.25, 0.3) is 0 Å². The smallest absolute Gasteiger partial charge is 0.0643 e. The number of benzene rings is 1. The van der Waals surface area contributed by atoms with Crippen LogP contribution in [0.1, 0.15) is 29.7 Å². The fourth-order valence-corrected chi connectivity index (χ4v) is 2.65. The summed E-state index contributed by atoms with van der Waals surface area (Å²) in [4.78, 5) is 4.18. The average molecular weight is 295 g/mol. The Morgan fingerprint density at radius 2 is 2.00 bits per heavy atom. The Bertz CT molecular complexity index is 570. The third-order valence-electron chi connectivity index (χ3n) is 3.21. The molecule has 0 radical (unpaired) electrons. The van der Waals surface area contributed by atoms with Crippen LogP contribution >= 0.6 is 23.2 Å². The Hall–Kier alpha value is -1.09. The quantitative estimate of drug-likeness (QED) is 0.911. The molecule has 2 aromatic rings. The summed E-state index contributed by atoms with van der Waals surface area (Å²) in [5, 5.41) is 4.48. The lowest BCUT2D eigenvalue weighted by Crippen LogP contribution is -2.19. The van der Waals surface area contributed by atoms with Crippen molar-refractivity contribution in [2.24, 2.45) is 0 Å². The second-order valence-electron chi connectivity index (χ2n) is 4.29. The highest BCUT2D eigenvalue weighted by Gasteiger charge is 2.18. The van der Waals surface area contributed by atoms with Crippen LogP contribution in [0.25, 0.3) is 0 Å². The summed E-state index contributed by atoms with van der Waals surface area (Å²) in [5.41, 5.74) is 3.37. The fraction of sp³-hybridized carbons (Fsp3) is 0.267. The zero-order chi connectivity index (χ0) is 13.8. The topological polar surface area (TPSA) is 24.9 Å². The van der Waals surface area contributed by atoms with E-state index in [0.717, 1.165) is 12.0 Å². The summed E-state index contributed by atoms with van der Waals surface area (Å²) in [5.74, 6) is 0. The van der Waals surface area contributed by atoms with E-state index in [1.54, 1.807) is 12.3 Å². The maximum atomic E-state index is 6.32. The largest absolute Gasteiger partial charge is 0.309 e. The first-order chi connectivity index (χ1) is 9.19. The number of hydrogen-bond donors (Lipinski definition) is 1. The summed E-state index contributed by atoms with van der Waals surface area (Å²) in [6.07, 6.45) is 4.63. The lowest BCUT2D eigenvalue weighted by molar-refractivity contribution is 0.682. The van der Waals surface area contributed by atoms with Crippen molar-refractivity contribution in [1.29, 1.82) is 0 Å². The SMILES string of the molecule is CCc1cnccc1C(NC)c1cccc(Cl)c1Cl. The van der Waals surface area contributed by atoms with Gasteiger partial charge in [-0.3, -0.25) is 4.98 Å². The first-order valence-electron chi connectivity index (χ1n) is 6.23. The van der Waals surface area contributed by atoms with Crippen molar-refractivity contribution in [3.05, 3.63) is 63.4 Å². The van der Waals surface area contributed by atoms with Crippen LogP contribution in [0.2, 0.25) is 10.0 Å². The van der Waals surface area contributed by atoms with Crippen molar-refractivity contribution >= 4 is 23.2 Å². The molecule has 1 aromatic heterocycles. The third-order valence-corrected chi connectivity index (χ3v) is 4.05. The van der Waals surface area contributed by atoms with Gasteiger partial charge in [0.1, 0.15) is 0 Å². The number of pyridine rings is 1. The molecule has 1 atom stereocenters. The number of rotatable bonds is 4. The molecule has 2 nitrogen and oxygen atoms in total. The lowest BCUT2D eigenvalue weighted by atomic mass is 9.95. The van der Waals surface area contributed by atoms with Gasteiger partial charge < -0.3 is 5.32 Å². The van der Waals surface area contributed by atoms with Crippen molar-refractivity contribution < 1.29 is 0 Å². The second-order valence-corrected chi connectivity index (χ2v) is 5.08. The van der Waals surface area contributed by atoms with Crippen LogP contribution in [0, 0.1) is 0 Å². The molecule has 2 rings (SSSR count). The standard InChI is InChI=1S/C15H16Cl2N2/c1-3-10-9-19-8-7-11(10)15(18-2)12-5-4-6-13(16)14(12)17/h4-9,15,18H,3H2,1-2H3. The maximum absolute atomic E-state index is 6.32. The molecular weight excluding hydrogens is 279 g/mol. The van der Waals surface area contributed by atoms with Gasteiger partial charge in [-0.2, -0.15) is 0 Å². The molecule has 0 aliphatic heterocycles. The molecule has 0 saturated carbocycles. The molecule has 4 heteroatoms. The summed E-state index contributed by atoms with van der Waals surface area (Å²) < 4.78 is 0. The van der Waals surface area contributed by atoms with Crippen LogP contribution < -0.4 is 5.32 Å². The maximum Gasteiger partial charge on any atom is 0.0643 e. The highest BCUT2D eigenvalue weighted by molar-refractivity contribution is 6.42. The predicted molar refractivity (Wildman–Crippen MR) is 81.0 cm³/mol. The lowest BCUT2D eigenvalue weighted by Gasteiger charge is -2.21. The highest BCUT2D eigenvalue weighted by Crippen LogP contribution is 2.34. The molecule has 0 amide bonds. The Morgan fingerprint density at radius 1 is 1.21 bits per heavy atom. The van der Waals surface area contributed by atoms with Crippen LogP contribution in [0.3, 0.4) is 0 Å². The van der Waals surface area contributed by atoms with Gasteiger partial charge in [-0.25, -0.2) is 0 Å². The van der Waals surface area contributed by atoms with E-state index in [1.165, 1.54) is 11.1 Å². The molecule has 0 spiro atoms. The molecule has 0 aliphatic carbocycles. The predicted octanol–water partition coefficient (Wildman–Crippen LogP) is 4.26. The van der Waals surface area contributed by atoms with Crippen LogP contribution in [0.5, 0.6) is 0 Å². The van der Waals surface area contributed by atoms with Gasteiger partial charge in [0.2, 0.25) is 0 Å². The van der Waals surface area contributed by atoms with Crippen molar-refractivity contribution in [2.45, 2.75) is 19.4 Å². The van der Waals surface area contributed by atoms with Gasteiger partial charge in [-0.05, 0) is 42.3 Å². The molecule has 1 N–H and O–H groups in total. The van der Waals surface area contributed by atoms with E-state index in [4.69, 9.17) is 23.2 Å². The normalized spacial score (nSPS) is 12.4. The molecule has 1 heterocycles. The highest BCUT2D eigenvalue weighted by atomic mass is 35.5. The summed E-state index contributed by atoms with van der Waals surface area (Å²) >= 11 is 12.4. The number of nitrogens with one attached hydrogen (secondary N) is 1. The third kappa shape index (κ3) is 2.92. The molecule has 0 bridgehead atoms. The molecule has 0 saturated heterocycles. The van der Waals surface area contributed by atoms with E-state index in [9.17, 15) is 0 Å². The van der Waals surface area contributed by atoms with E-state index in [1.807, 2.05) is 31.4 Å². The van der Waals surface area contributed by atoms with Gasteiger partial charge in [0.15, 0.2) is 0 Å². The number of halogens is 2. The first-order valence-corrected chi connectivity index (χ1v) is 6.98. The molecule has 100 valence electrons. The van der Waals surface area contributed by atoms with E-state index < -0.39 is 0 Å². The number of hydrogen-bond acceptors (Lipinski definition) is 2. The molecular formula is C15H16Cl2N2. The van der Waals surface area contributed by atoms with Gasteiger partial charge in [0.05, 0.1) is 16.1 Å².